The second-order valence-electron chi connectivity index (χ2n) is 13.5. The molecule has 4 aliphatic carbocycles. The molecule has 0 saturated heterocycles. The molecule has 0 atom stereocenters. The van der Waals surface area contributed by atoms with E-state index in [0.717, 1.165) is 68.4 Å². The number of carbonyl (C=O) groups is 1. The molecule has 0 radical (unpaired) electrons. The van der Waals surface area contributed by atoms with Crippen LogP contribution in [0.1, 0.15) is 144 Å². The van der Waals surface area contributed by atoms with E-state index in [1.165, 1.54) is 77.0 Å². The Kier molecular flexibility index (Phi) is 11.2. The fraction of sp³-hybridized carbons (Fsp3) is 0.615. The second-order valence-corrected chi connectivity index (χ2v) is 13.5. The van der Waals surface area contributed by atoms with Gasteiger partial charge in [-0.3, -0.25) is 4.79 Å². The number of para-hydroxylation sites is 1. The smallest absolute Gasteiger partial charge is 0.189 e. The Hall–Kier alpha value is -2.95. The highest BCUT2D eigenvalue weighted by molar-refractivity contribution is 6.09. The van der Waals surface area contributed by atoms with Gasteiger partial charge in [0.1, 0.15) is 11.5 Å². The normalized spacial score (nSPS) is 21.3. The van der Waals surface area contributed by atoms with E-state index in [1.807, 2.05) is 36.4 Å². The van der Waals surface area contributed by atoms with E-state index in [4.69, 9.17) is 18.9 Å². The van der Waals surface area contributed by atoms with Crippen molar-refractivity contribution in [2.24, 2.45) is 0 Å². The van der Waals surface area contributed by atoms with Crippen molar-refractivity contribution in [3.05, 3.63) is 53.6 Å². The van der Waals surface area contributed by atoms with Gasteiger partial charge in [0, 0.05) is 5.56 Å². The van der Waals surface area contributed by atoms with Crippen molar-refractivity contribution in [1.29, 1.82) is 0 Å². The topological polar surface area (TPSA) is 54.0 Å². The summed E-state index contributed by atoms with van der Waals surface area (Å²) >= 11 is 0. The maximum atomic E-state index is 13.9. The molecule has 0 aliphatic heterocycles. The first kappa shape index (κ1) is 31.0. The molecule has 2 aromatic rings. The first-order valence-corrected chi connectivity index (χ1v) is 17.9. The van der Waals surface area contributed by atoms with Gasteiger partial charge in [0.25, 0.3) is 0 Å². The molecule has 0 bridgehead atoms. The van der Waals surface area contributed by atoms with Gasteiger partial charge in [-0.2, -0.15) is 0 Å². The number of hydrogen-bond acceptors (Lipinski definition) is 5. The highest BCUT2D eigenvalue weighted by Gasteiger charge is 2.25. The third-order valence-corrected chi connectivity index (χ3v) is 10.0. The molecule has 4 aliphatic rings. The molecule has 2 aromatic carbocycles. The van der Waals surface area contributed by atoms with Crippen molar-refractivity contribution >= 4 is 11.9 Å². The number of allylic oxidation sites excluding steroid dienone is 1. The van der Waals surface area contributed by atoms with Gasteiger partial charge in [0.15, 0.2) is 17.3 Å². The lowest BCUT2D eigenvalue weighted by molar-refractivity contribution is 0.101. The van der Waals surface area contributed by atoms with E-state index in [2.05, 4.69) is 6.07 Å². The molecule has 0 heterocycles. The highest BCUT2D eigenvalue weighted by atomic mass is 16.5. The van der Waals surface area contributed by atoms with Crippen LogP contribution in [0, 0.1) is 0 Å². The first-order chi connectivity index (χ1) is 21.7. The fourth-order valence-electron chi connectivity index (χ4n) is 7.47. The third-order valence-electron chi connectivity index (χ3n) is 10.0. The Labute approximate surface area is 264 Å². The maximum absolute atomic E-state index is 13.9. The van der Waals surface area contributed by atoms with Crippen LogP contribution in [0.15, 0.2) is 42.5 Å². The summed E-state index contributed by atoms with van der Waals surface area (Å²) in [6.07, 6.45) is 27.6. The van der Waals surface area contributed by atoms with Crippen LogP contribution in [0.5, 0.6) is 23.0 Å². The van der Waals surface area contributed by atoms with Crippen LogP contribution >= 0.6 is 0 Å². The lowest BCUT2D eigenvalue weighted by atomic mass is 9.97. The number of carbonyl (C=O) groups excluding carboxylic acids is 1. The van der Waals surface area contributed by atoms with Gasteiger partial charge in [-0.05, 0) is 145 Å². The standard InChI is InChI=1S/C39H52O5/c40-36(35-22-13-23-38(43-32-18-9-3-10-19-32)39(35)44-33-20-11-4-12-21-33)26-24-29-28-34(41-30-14-5-1-6-15-30)25-27-37(29)42-31-16-7-2-8-17-31/h13,22-28,30-33H,1-12,14-21H2/b26-24+. The van der Waals surface area contributed by atoms with Gasteiger partial charge in [0.05, 0.1) is 30.0 Å². The number of ether oxygens (including phenoxy) is 4. The molecule has 238 valence electrons. The first-order valence-electron chi connectivity index (χ1n) is 17.9. The third kappa shape index (κ3) is 8.61. The molecule has 0 spiro atoms. The zero-order valence-electron chi connectivity index (χ0n) is 26.6. The molecule has 4 saturated carbocycles. The number of benzene rings is 2. The number of ketones is 1. The summed E-state index contributed by atoms with van der Waals surface area (Å²) in [5.41, 5.74) is 1.46. The minimum Gasteiger partial charge on any atom is -0.490 e. The highest BCUT2D eigenvalue weighted by Crippen LogP contribution is 2.38. The van der Waals surface area contributed by atoms with E-state index in [9.17, 15) is 4.79 Å². The van der Waals surface area contributed by atoms with Crippen LogP contribution in [-0.4, -0.2) is 30.2 Å². The van der Waals surface area contributed by atoms with Crippen LogP contribution < -0.4 is 18.9 Å². The lowest BCUT2D eigenvalue weighted by Crippen LogP contribution is -2.23. The SMILES string of the molecule is O=C(/C=C/c1cc(OC2CCCCC2)ccc1OC1CCCCC1)c1cccc(OC2CCCCC2)c1OC1CCCCC1. The molecule has 0 N–H and O–H groups in total. The maximum Gasteiger partial charge on any atom is 0.189 e. The molecule has 0 aromatic heterocycles. The van der Waals surface area contributed by atoms with Gasteiger partial charge < -0.3 is 18.9 Å². The second kappa shape index (κ2) is 15.9. The van der Waals surface area contributed by atoms with E-state index < -0.39 is 0 Å². The van der Waals surface area contributed by atoms with Gasteiger partial charge in [-0.1, -0.05) is 31.7 Å². The molecule has 6 rings (SSSR count). The summed E-state index contributed by atoms with van der Waals surface area (Å²) in [4.78, 5) is 13.9. The predicted molar refractivity (Wildman–Crippen MR) is 176 cm³/mol. The van der Waals surface area contributed by atoms with Crippen LogP contribution in [0.25, 0.3) is 6.08 Å². The van der Waals surface area contributed by atoms with E-state index in [1.54, 1.807) is 6.08 Å². The molecule has 44 heavy (non-hydrogen) atoms. The zero-order valence-corrected chi connectivity index (χ0v) is 26.6. The zero-order chi connectivity index (χ0) is 30.0. The monoisotopic (exact) mass is 600 g/mol. The fourth-order valence-corrected chi connectivity index (χ4v) is 7.47. The van der Waals surface area contributed by atoms with Crippen molar-refractivity contribution in [2.75, 3.05) is 0 Å². The molecular weight excluding hydrogens is 548 g/mol. The molecule has 4 fully saturated rings. The Bertz CT molecular complexity index is 1230. The number of hydrogen-bond donors (Lipinski definition) is 0. The lowest BCUT2D eigenvalue weighted by Gasteiger charge is -2.28. The summed E-state index contributed by atoms with van der Waals surface area (Å²) < 4.78 is 26.1. The summed E-state index contributed by atoms with van der Waals surface area (Å²) in [5.74, 6) is 2.93. The van der Waals surface area contributed by atoms with Crippen LogP contribution in [-0.2, 0) is 0 Å². The predicted octanol–water partition coefficient (Wildman–Crippen LogP) is 10.4. The average Bonchev–Trinajstić information content (AvgIpc) is 3.07. The van der Waals surface area contributed by atoms with Crippen LogP contribution in [0.4, 0.5) is 0 Å². The minimum absolute atomic E-state index is 0.0767. The van der Waals surface area contributed by atoms with Crippen molar-refractivity contribution in [3.63, 3.8) is 0 Å². The summed E-state index contributed by atoms with van der Waals surface area (Å²) in [6.45, 7) is 0. The summed E-state index contributed by atoms with van der Waals surface area (Å²) in [5, 5.41) is 0. The number of rotatable bonds is 11. The molecule has 0 amide bonds. The molecular formula is C39H52O5. The van der Waals surface area contributed by atoms with E-state index in [0.29, 0.717) is 17.1 Å². The van der Waals surface area contributed by atoms with Gasteiger partial charge in [-0.25, -0.2) is 0 Å². The summed E-state index contributed by atoms with van der Waals surface area (Å²) in [6, 6.07) is 11.9. The molecule has 5 heteroatoms. The average molecular weight is 601 g/mol. The minimum atomic E-state index is -0.0767. The largest absolute Gasteiger partial charge is 0.490 e. The van der Waals surface area contributed by atoms with Crippen LogP contribution in [0.3, 0.4) is 0 Å². The quantitative estimate of drug-likeness (QED) is 0.190. The van der Waals surface area contributed by atoms with Gasteiger partial charge >= 0.3 is 0 Å². The van der Waals surface area contributed by atoms with E-state index >= 15 is 0 Å². The molecule has 5 nitrogen and oxygen atoms in total. The Morgan fingerprint density at radius 3 is 1.61 bits per heavy atom. The van der Waals surface area contributed by atoms with Gasteiger partial charge in [0.2, 0.25) is 0 Å². The summed E-state index contributed by atoms with van der Waals surface area (Å²) in [7, 11) is 0. The van der Waals surface area contributed by atoms with Crippen molar-refractivity contribution < 1.29 is 23.7 Å². The van der Waals surface area contributed by atoms with E-state index in [-0.39, 0.29) is 30.2 Å². The van der Waals surface area contributed by atoms with Crippen molar-refractivity contribution in [1.82, 2.24) is 0 Å². The Balaban J connectivity index is 1.25. The molecule has 0 unspecified atom stereocenters. The Morgan fingerprint density at radius 2 is 1.05 bits per heavy atom. The van der Waals surface area contributed by atoms with Crippen molar-refractivity contribution in [2.45, 2.75) is 153 Å². The van der Waals surface area contributed by atoms with Crippen molar-refractivity contribution in [3.8, 4) is 23.0 Å². The Morgan fingerprint density at radius 1 is 0.545 bits per heavy atom. The van der Waals surface area contributed by atoms with Gasteiger partial charge in [-0.15, -0.1) is 0 Å². The van der Waals surface area contributed by atoms with Crippen LogP contribution in [0.2, 0.25) is 0 Å².